The standard InChI is InChI=1S/C21H21NO4/c1-20(2)12-21(20,18(23)24)22-19(25)26-11-17-15-9-5-3-7-13(15)14-8-4-6-10-16(14)17/h3-10,17H,11-12H2,1-2H3,(H,22,25)(H,23,24)/t21-/m0/s1. The normalized spacial score (nSPS) is 22.2. The lowest BCUT2D eigenvalue weighted by molar-refractivity contribution is -0.141. The van der Waals surface area contributed by atoms with Gasteiger partial charge >= 0.3 is 12.1 Å². The van der Waals surface area contributed by atoms with E-state index in [-0.39, 0.29) is 12.5 Å². The van der Waals surface area contributed by atoms with E-state index in [9.17, 15) is 14.7 Å². The van der Waals surface area contributed by atoms with Crippen LogP contribution in [0.5, 0.6) is 0 Å². The van der Waals surface area contributed by atoms with Crippen LogP contribution in [0.15, 0.2) is 48.5 Å². The van der Waals surface area contributed by atoms with Crippen LogP contribution in [-0.2, 0) is 9.53 Å². The van der Waals surface area contributed by atoms with E-state index >= 15 is 0 Å². The molecule has 1 amide bonds. The van der Waals surface area contributed by atoms with Gasteiger partial charge in [-0.05, 0) is 28.7 Å². The van der Waals surface area contributed by atoms with E-state index in [1.165, 1.54) is 0 Å². The highest BCUT2D eigenvalue weighted by molar-refractivity contribution is 5.89. The molecule has 0 aliphatic heterocycles. The molecule has 5 heteroatoms. The van der Waals surface area contributed by atoms with Gasteiger partial charge in [-0.3, -0.25) is 0 Å². The Morgan fingerprint density at radius 2 is 1.58 bits per heavy atom. The Morgan fingerprint density at radius 3 is 2.04 bits per heavy atom. The monoisotopic (exact) mass is 351 g/mol. The van der Waals surface area contributed by atoms with Crippen molar-refractivity contribution < 1.29 is 19.4 Å². The summed E-state index contributed by atoms with van der Waals surface area (Å²) >= 11 is 0. The van der Waals surface area contributed by atoms with Crippen molar-refractivity contribution in [1.29, 1.82) is 0 Å². The highest BCUT2D eigenvalue weighted by Gasteiger charge is 2.68. The summed E-state index contributed by atoms with van der Waals surface area (Å²) in [6, 6.07) is 16.2. The van der Waals surface area contributed by atoms with Crippen LogP contribution in [0, 0.1) is 5.41 Å². The zero-order valence-electron chi connectivity index (χ0n) is 14.8. The summed E-state index contributed by atoms with van der Waals surface area (Å²) in [5, 5.41) is 12.0. The van der Waals surface area contributed by atoms with Gasteiger partial charge in [-0.15, -0.1) is 0 Å². The van der Waals surface area contributed by atoms with Gasteiger partial charge in [0.2, 0.25) is 0 Å². The van der Waals surface area contributed by atoms with Gasteiger partial charge in [0.15, 0.2) is 0 Å². The third-order valence-electron chi connectivity index (χ3n) is 5.76. The molecular formula is C21H21NO4. The predicted molar refractivity (Wildman–Crippen MR) is 97.0 cm³/mol. The molecular weight excluding hydrogens is 330 g/mol. The van der Waals surface area contributed by atoms with E-state index in [0.29, 0.717) is 6.42 Å². The molecule has 0 heterocycles. The molecule has 1 saturated carbocycles. The van der Waals surface area contributed by atoms with Crippen molar-refractivity contribution in [3.63, 3.8) is 0 Å². The summed E-state index contributed by atoms with van der Waals surface area (Å²) in [6.45, 7) is 3.83. The molecule has 0 spiro atoms. The fourth-order valence-corrected chi connectivity index (χ4v) is 4.06. The van der Waals surface area contributed by atoms with Crippen molar-refractivity contribution in [2.75, 3.05) is 6.61 Å². The maximum atomic E-state index is 12.3. The number of benzene rings is 2. The molecule has 4 rings (SSSR count). The van der Waals surface area contributed by atoms with Crippen LogP contribution in [0.1, 0.15) is 37.3 Å². The molecule has 2 N–H and O–H groups in total. The Balaban J connectivity index is 1.50. The predicted octanol–water partition coefficient (Wildman–Crippen LogP) is 3.78. The minimum atomic E-state index is -1.23. The molecule has 26 heavy (non-hydrogen) atoms. The number of hydrogen-bond acceptors (Lipinski definition) is 3. The number of aliphatic carboxylic acids is 1. The molecule has 1 fully saturated rings. The lowest BCUT2D eigenvalue weighted by atomic mass is 9.98. The van der Waals surface area contributed by atoms with Crippen molar-refractivity contribution in [2.24, 2.45) is 5.41 Å². The molecule has 2 aromatic rings. The molecule has 134 valence electrons. The Kier molecular flexibility index (Phi) is 3.58. The second-order valence-corrected chi connectivity index (χ2v) is 7.72. The van der Waals surface area contributed by atoms with Crippen LogP contribution in [-0.4, -0.2) is 29.3 Å². The Hall–Kier alpha value is -2.82. The Morgan fingerprint density at radius 1 is 1.08 bits per heavy atom. The SMILES string of the molecule is CC1(C)C[C@]1(NC(=O)OCC1c2ccccc2-c2ccccc21)C(=O)O. The first-order valence-corrected chi connectivity index (χ1v) is 8.72. The number of nitrogens with one attached hydrogen (secondary N) is 1. The molecule has 2 aliphatic rings. The molecule has 0 aromatic heterocycles. The zero-order chi connectivity index (χ0) is 18.5. The van der Waals surface area contributed by atoms with Gasteiger partial charge in [-0.2, -0.15) is 0 Å². The van der Waals surface area contributed by atoms with Crippen LogP contribution < -0.4 is 5.32 Å². The number of carboxylic acids is 1. The van der Waals surface area contributed by atoms with E-state index in [2.05, 4.69) is 17.4 Å². The second-order valence-electron chi connectivity index (χ2n) is 7.72. The van der Waals surface area contributed by atoms with Crippen LogP contribution in [0.4, 0.5) is 4.79 Å². The third kappa shape index (κ3) is 2.38. The van der Waals surface area contributed by atoms with Crippen LogP contribution >= 0.6 is 0 Å². The fourth-order valence-electron chi connectivity index (χ4n) is 4.06. The second kappa shape index (κ2) is 5.59. The minimum Gasteiger partial charge on any atom is -0.479 e. The van der Waals surface area contributed by atoms with Crippen LogP contribution in [0.3, 0.4) is 0 Å². The zero-order valence-corrected chi connectivity index (χ0v) is 14.8. The van der Waals surface area contributed by atoms with Crippen molar-refractivity contribution in [2.45, 2.75) is 31.7 Å². The fraction of sp³-hybridized carbons (Fsp3) is 0.333. The van der Waals surface area contributed by atoms with Gasteiger partial charge in [0.1, 0.15) is 12.1 Å². The number of fused-ring (bicyclic) bond motifs is 3. The number of amides is 1. The Bertz CT molecular complexity index is 859. The topological polar surface area (TPSA) is 75.6 Å². The maximum Gasteiger partial charge on any atom is 0.408 e. The lowest BCUT2D eigenvalue weighted by Crippen LogP contribution is -2.47. The average Bonchev–Trinajstić information content (AvgIpc) is 3.03. The molecule has 5 nitrogen and oxygen atoms in total. The van der Waals surface area contributed by atoms with Gasteiger partial charge < -0.3 is 15.2 Å². The number of alkyl carbamates (subject to hydrolysis) is 1. The summed E-state index contributed by atoms with van der Waals surface area (Å²) in [7, 11) is 0. The first-order valence-electron chi connectivity index (χ1n) is 8.72. The minimum absolute atomic E-state index is 0.0406. The van der Waals surface area contributed by atoms with Crippen molar-refractivity contribution in [3.05, 3.63) is 59.7 Å². The summed E-state index contributed by atoms with van der Waals surface area (Å²) < 4.78 is 5.45. The van der Waals surface area contributed by atoms with Crippen LogP contribution in [0.25, 0.3) is 11.1 Å². The average molecular weight is 351 g/mol. The maximum absolute atomic E-state index is 12.3. The van der Waals surface area contributed by atoms with Gasteiger partial charge in [-0.1, -0.05) is 62.4 Å². The van der Waals surface area contributed by atoms with Crippen molar-refractivity contribution >= 4 is 12.1 Å². The molecule has 0 unspecified atom stereocenters. The highest BCUT2D eigenvalue weighted by Crippen LogP contribution is 2.55. The highest BCUT2D eigenvalue weighted by atomic mass is 16.5. The van der Waals surface area contributed by atoms with Gasteiger partial charge in [0.05, 0.1) is 0 Å². The number of carbonyl (C=O) groups excluding carboxylic acids is 1. The largest absolute Gasteiger partial charge is 0.479 e. The molecule has 0 radical (unpaired) electrons. The van der Waals surface area contributed by atoms with E-state index < -0.39 is 23.0 Å². The van der Waals surface area contributed by atoms with Gasteiger partial charge in [-0.25, -0.2) is 9.59 Å². The molecule has 0 bridgehead atoms. The molecule has 2 aromatic carbocycles. The lowest BCUT2D eigenvalue weighted by Gasteiger charge is -2.19. The summed E-state index contributed by atoms with van der Waals surface area (Å²) in [6.07, 6.45) is -0.278. The number of hydrogen-bond donors (Lipinski definition) is 2. The molecule has 1 atom stereocenters. The van der Waals surface area contributed by atoms with Crippen molar-refractivity contribution in [1.82, 2.24) is 5.32 Å². The summed E-state index contributed by atoms with van der Waals surface area (Å²) in [4.78, 5) is 23.8. The Labute approximate surface area is 152 Å². The van der Waals surface area contributed by atoms with E-state index in [1.54, 1.807) is 0 Å². The number of carboxylic acid groups (broad SMARTS) is 1. The number of carbonyl (C=O) groups is 2. The van der Waals surface area contributed by atoms with E-state index in [0.717, 1.165) is 22.3 Å². The van der Waals surface area contributed by atoms with Gasteiger partial charge in [0.25, 0.3) is 0 Å². The number of ether oxygens (including phenoxy) is 1. The molecule has 0 saturated heterocycles. The third-order valence-corrected chi connectivity index (χ3v) is 5.76. The van der Waals surface area contributed by atoms with Gasteiger partial charge in [0, 0.05) is 11.3 Å². The quantitative estimate of drug-likeness (QED) is 0.879. The smallest absolute Gasteiger partial charge is 0.408 e. The van der Waals surface area contributed by atoms with Crippen molar-refractivity contribution in [3.8, 4) is 11.1 Å². The van der Waals surface area contributed by atoms with E-state index in [4.69, 9.17) is 4.74 Å². The summed E-state index contributed by atoms with van der Waals surface area (Å²) in [5.74, 6) is -1.06. The first-order chi connectivity index (χ1) is 12.4. The van der Waals surface area contributed by atoms with E-state index in [1.807, 2.05) is 50.2 Å². The first kappa shape index (κ1) is 16.6. The van der Waals surface area contributed by atoms with Crippen LogP contribution in [0.2, 0.25) is 0 Å². The molecule has 2 aliphatic carbocycles. The number of rotatable bonds is 4. The summed E-state index contributed by atoms with van der Waals surface area (Å²) in [5.41, 5.74) is 2.87.